The Bertz CT molecular complexity index is 396. The van der Waals surface area contributed by atoms with E-state index >= 15 is 0 Å². The van der Waals surface area contributed by atoms with Gasteiger partial charge in [0.2, 0.25) is 5.91 Å². The molecular formula is C13H20Cl2N2O. The van der Waals surface area contributed by atoms with Crippen LogP contribution in [0.3, 0.4) is 0 Å². The number of nitrogens with two attached hydrogens (primary N) is 1. The van der Waals surface area contributed by atoms with Gasteiger partial charge in [-0.05, 0) is 25.5 Å². The van der Waals surface area contributed by atoms with Crippen molar-refractivity contribution < 1.29 is 4.79 Å². The van der Waals surface area contributed by atoms with Crippen molar-refractivity contribution in [3.05, 3.63) is 34.9 Å². The summed E-state index contributed by atoms with van der Waals surface area (Å²) in [6.07, 6.45) is 0. The fourth-order valence-electron chi connectivity index (χ4n) is 1.49. The maximum Gasteiger partial charge on any atom is 0.224 e. The Hall–Kier alpha value is -0.770. The summed E-state index contributed by atoms with van der Waals surface area (Å²) in [5.41, 5.74) is 6.61. The zero-order valence-corrected chi connectivity index (χ0v) is 12.4. The molecule has 5 heteroatoms. The maximum absolute atomic E-state index is 11.8. The largest absolute Gasteiger partial charge is 0.349 e. The number of nitrogens with one attached hydrogen (secondary N) is 1. The molecule has 0 heterocycles. The first kappa shape index (κ1) is 17.2. The normalized spacial score (nSPS) is 15.2. The van der Waals surface area contributed by atoms with E-state index in [1.54, 1.807) is 0 Å². The minimum absolute atomic E-state index is 0. The lowest BCUT2D eigenvalue weighted by Crippen LogP contribution is -2.39. The second-order valence-electron chi connectivity index (χ2n) is 4.40. The minimum atomic E-state index is -0.208. The first-order valence-corrected chi connectivity index (χ1v) is 6.11. The molecule has 0 aliphatic heterocycles. The van der Waals surface area contributed by atoms with Crippen molar-refractivity contribution in [2.75, 3.05) is 0 Å². The summed E-state index contributed by atoms with van der Waals surface area (Å²) < 4.78 is 0. The van der Waals surface area contributed by atoms with E-state index in [0.29, 0.717) is 5.02 Å². The van der Waals surface area contributed by atoms with Gasteiger partial charge in [-0.2, -0.15) is 0 Å². The predicted octanol–water partition coefficient (Wildman–Crippen LogP) is 2.92. The van der Waals surface area contributed by atoms with Crippen molar-refractivity contribution in [1.82, 2.24) is 5.32 Å². The van der Waals surface area contributed by atoms with E-state index in [9.17, 15) is 4.79 Å². The summed E-state index contributed by atoms with van der Waals surface area (Å²) in [5, 5.41) is 3.58. The first-order valence-electron chi connectivity index (χ1n) is 5.74. The molecule has 0 bridgehead atoms. The number of carbonyl (C=O) groups is 1. The van der Waals surface area contributed by atoms with Crippen molar-refractivity contribution in [3.8, 4) is 0 Å². The molecule has 1 aromatic rings. The molecule has 1 aromatic carbocycles. The van der Waals surface area contributed by atoms with Gasteiger partial charge in [0.05, 0.1) is 6.04 Å². The first-order chi connectivity index (χ1) is 7.93. The van der Waals surface area contributed by atoms with Gasteiger partial charge in [0.1, 0.15) is 0 Å². The minimum Gasteiger partial charge on any atom is -0.349 e. The molecule has 0 fully saturated rings. The number of halogens is 2. The van der Waals surface area contributed by atoms with E-state index in [2.05, 4.69) is 5.32 Å². The average molecular weight is 291 g/mol. The summed E-state index contributed by atoms with van der Waals surface area (Å²) in [6.45, 7) is 5.55. The monoisotopic (exact) mass is 290 g/mol. The summed E-state index contributed by atoms with van der Waals surface area (Å²) in [7, 11) is 0. The molecule has 0 radical (unpaired) electrons. The van der Waals surface area contributed by atoms with Gasteiger partial charge in [0.15, 0.2) is 0 Å². The van der Waals surface area contributed by atoms with Gasteiger partial charge < -0.3 is 11.1 Å². The van der Waals surface area contributed by atoms with Crippen LogP contribution in [0.15, 0.2) is 24.3 Å². The molecule has 3 unspecified atom stereocenters. The van der Waals surface area contributed by atoms with Gasteiger partial charge in [-0.15, -0.1) is 12.4 Å². The van der Waals surface area contributed by atoms with Gasteiger partial charge >= 0.3 is 0 Å². The van der Waals surface area contributed by atoms with E-state index in [0.717, 1.165) is 5.56 Å². The molecule has 0 saturated heterocycles. The van der Waals surface area contributed by atoms with Crippen molar-refractivity contribution in [1.29, 1.82) is 0 Å². The van der Waals surface area contributed by atoms with E-state index in [1.165, 1.54) is 0 Å². The highest BCUT2D eigenvalue weighted by molar-refractivity contribution is 6.31. The highest BCUT2D eigenvalue weighted by atomic mass is 35.5. The SMILES string of the molecule is CC(NC(=O)C(C)C(C)N)c1ccccc1Cl.Cl. The van der Waals surface area contributed by atoms with Crippen LogP contribution in [0.1, 0.15) is 32.4 Å². The number of benzene rings is 1. The van der Waals surface area contributed by atoms with Crippen LogP contribution in [-0.4, -0.2) is 11.9 Å². The van der Waals surface area contributed by atoms with Gasteiger partial charge in [0, 0.05) is 17.0 Å². The van der Waals surface area contributed by atoms with Crippen molar-refractivity contribution in [3.63, 3.8) is 0 Å². The molecule has 1 rings (SSSR count). The summed E-state index contributed by atoms with van der Waals surface area (Å²) in [5.74, 6) is -0.257. The Balaban J connectivity index is 0.00000289. The Morgan fingerprint density at radius 2 is 1.83 bits per heavy atom. The number of rotatable bonds is 4. The fourth-order valence-corrected chi connectivity index (χ4v) is 1.79. The Morgan fingerprint density at radius 1 is 1.28 bits per heavy atom. The Labute approximate surface area is 119 Å². The standard InChI is InChI=1S/C13H19ClN2O.ClH/c1-8(9(2)15)13(17)16-10(3)11-6-4-5-7-12(11)14;/h4-10H,15H2,1-3H3,(H,16,17);1H. The maximum atomic E-state index is 11.8. The zero-order chi connectivity index (χ0) is 13.0. The summed E-state index contributed by atoms with van der Waals surface area (Å²) in [6, 6.07) is 7.22. The van der Waals surface area contributed by atoms with Crippen LogP contribution in [-0.2, 0) is 4.79 Å². The number of carbonyl (C=O) groups excluding carboxylic acids is 1. The molecule has 18 heavy (non-hydrogen) atoms. The van der Waals surface area contributed by atoms with Crippen LogP contribution in [0.2, 0.25) is 5.02 Å². The van der Waals surface area contributed by atoms with E-state index in [-0.39, 0.29) is 36.3 Å². The predicted molar refractivity (Wildman–Crippen MR) is 78.1 cm³/mol. The lowest BCUT2D eigenvalue weighted by Gasteiger charge is -2.20. The molecule has 3 atom stereocenters. The van der Waals surface area contributed by atoms with Gasteiger partial charge in [-0.25, -0.2) is 0 Å². The molecule has 102 valence electrons. The zero-order valence-electron chi connectivity index (χ0n) is 10.8. The second kappa shape index (κ2) is 7.62. The van der Waals surface area contributed by atoms with Crippen LogP contribution in [0.5, 0.6) is 0 Å². The molecule has 1 amide bonds. The molecule has 0 spiro atoms. The van der Waals surface area contributed by atoms with Gasteiger partial charge in [-0.3, -0.25) is 4.79 Å². The van der Waals surface area contributed by atoms with E-state index in [4.69, 9.17) is 17.3 Å². The molecule has 0 aromatic heterocycles. The summed E-state index contributed by atoms with van der Waals surface area (Å²) >= 11 is 6.07. The smallest absolute Gasteiger partial charge is 0.224 e. The topological polar surface area (TPSA) is 55.1 Å². The van der Waals surface area contributed by atoms with Crippen molar-refractivity contribution >= 4 is 29.9 Å². The van der Waals surface area contributed by atoms with E-state index in [1.807, 2.05) is 45.0 Å². The number of amides is 1. The second-order valence-corrected chi connectivity index (χ2v) is 4.81. The lowest BCUT2D eigenvalue weighted by molar-refractivity contribution is -0.125. The molecular weight excluding hydrogens is 271 g/mol. The number of hydrogen-bond donors (Lipinski definition) is 2. The third kappa shape index (κ3) is 4.48. The highest BCUT2D eigenvalue weighted by Gasteiger charge is 2.19. The third-order valence-corrected chi connectivity index (χ3v) is 3.28. The summed E-state index contributed by atoms with van der Waals surface area (Å²) in [4.78, 5) is 11.8. The molecule has 3 N–H and O–H groups in total. The molecule has 0 saturated carbocycles. The molecule has 3 nitrogen and oxygen atoms in total. The third-order valence-electron chi connectivity index (χ3n) is 2.93. The Kier molecular flexibility index (Phi) is 7.29. The van der Waals surface area contributed by atoms with Crippen LogP contribution in [0.4, 0.5) is 0 Å². The highest BCUT2D eigenvalue weighted by Crippen LogP contribution is 2.22. The molecule has 0 aliphatic rings. The fraction of sp³-hybridized carbons (Fsp3) is 0.462. The van der Waals surface area contributed by atoms with Gasteiger partial charge in [0.25, 0.3) is 0 Å². The van der Waals surface area contributed by atoms with Crippen LogP contribution < -0.4 is 11.1 Å². The quantitative estimate of drug-likeness (QED) is 0.896. The van der Waals surface area contributed by atoms with Crippen molar-refractivity contribution in [2.45, 2.75) is 32.9 Å². The van der Waals surface area contributed by atoms with Crippen LogP contribution in [0, 0.1) is 5.92 Å². The number of hydrogen-bond acceptors (Lipinski definition) is 2. The van der Waals surface area contributed by atoms with Crippen LogP contribution >= 0.6 is 24.0 Å². The van der Waals surface area contributed by atoms with Crippen LogP contribution in [0.25, 0.3) is 0 Å². The van der Waals surface area contributed by atoms with Gasteiger partial charge in [-0.1, -0.05) is 36.7 Å². The lowest BCUT2D eigenvalue weighted by atomic mass is 10.0. The Morgan fingerprint density at radius 3 is 2.33 bits per heavy atom. The molecule has 0 aliphatic carbocycles. The van der Waals surface area contributed by atoms with E-state index < -0.39 is 0 Å². The average Bonchev–Trinajstić information content (AvgIpc) is 2.28. The van der Waals surface area contributed by atoms with Crippen molar-refractivity contribution in [2.24, 2.45) is 11.7 Å².